The van der Waals surface area contributed by atoms with Gasteiger partial charge in [-0.15, -0.1) is 0 Å². The van der Waals surface area contributed by atoms with Crippen LogP contribution in [0, 0.1) is 0 Å². The van der Waals surface area contributed by atoms with Crippen LogP contribution in [0.2, 0.25) is 5.02 Å². The molecule has 140 valence electrons. The van der Waals surface area contributed by atoms with Gasteiger partial charge in [0.05, 0.1) is 35.4 Å². The number of methoxy groups -OCH3 is 2. The van der Waals surface area contributed by atoms with Gasteiger partial charge in [-0.25, -0.2) is 13.2 Å². The van der Waals surface area contributed by atoms with E-state index < -0.39 is 16.0 Å². The number of ether oxygens (including phenoxy) is 2. The molecule has 3 rings (SSSR count). The van der Waals surface area contributed by atoms with Gasteiger partial charge in [-0.1, -0.05) is 23.7 Å². The fraction of sp³-hybridized carbons (Fsp3) is 0.105. The number of esters is 1. The summed E-state index contributed by atoms with van der Waals surface area (Å²) in [7, 11) is -1.10. The average Bonchev–Trinajstić information content (AvgIpc) is 2.68. The van der Waals surface area contributed by atoms with Crippen molar-refractivity contribution in [1.29, 1.82) is 0 Å². The summed E-state index contributed by atoms with van der Waals surface area (Å²) in [5.74, 6) is 0.0920. The van der Waals surface area contributed by atoms with E-state index in [0.29, 0.717) is 5.75 Å². The smallest absolute Gasteiger partial charge is 0.337 e. The lowest BCUT2D eigenvalue weighted by Gasteiger charge is -2.12. The van der Waals surface area contributed by atoms with Crippen molar-refractivity contribution < 1.29 is 22.7 Å². The number of halogens is 1. The van der Waals surface area contributed by atoms with E-state index >= 15 is 0 Å². The van der Waals surface area contributed by atoms with E-state index in [2.05, 4.69) is 9.46 Å². The van der Waals surface area contributed by atoms with Crippen molar-refractivity contribution in [2.45, 2.75) is 4.90 Å². The highest BCUT2D eigenvalue weighted by Crippen LogP contribution is 2.28. The fourth-order valence-electron chi connectivity index (χ4n) is 2.55. The lowest BCUT2D eigenvalue weighted by Crippen LogP contribution is -2.14. The Kier molecular flexibility index (Phi) is 5.25. The fourth-order valence-corrected chi connectivity index (χ4v) is 3.87. The van der Waals surface area contributed by atoms with E-state index in [-0.39, 0.29) is 21.2 Å². The zero-order valence-corrected chi connectivity index (χ0v) is 16.1. The molecular weight excluding hydrogens is 390 g/mol. The average molecular weight is 406 g/mol. The Morgan fingerprint density at radius 2 is 1.67 bits per heavy atom. The van der Waals surface area contributed by atoms with Gasteiger partial charge >= 0.3 is 5.97 Å². The Morgan fingerprint density at radius 1 is 0.963 bits per heavy atom. The van der Waals surface area contributed by atoms with Crippen LogP contribution in [0.15, 0.2) is 59.5 Å². The molecule has 3 aromatic carbocycles. The highest BCUT2D eigenvalue weighted by atomic mass is 35.5. The van der Waals surface area contributed by atoms with Crippen LogP contribution >= 0.6 is 11.6 Å². The summed E-state index contributed by atoms with van der Waals surface area (Å²) in [5.41, 5.74) is 0.277. The minimum absolute atomic E-state index is 0.0692. The van der Waals surface area contributed by atoms with Crippen LogP contribution < -0.4 is 9.46 Å². The van der Waals surface area contributed by atoms with Gasteiger partial charge in [0.15, 0.2) is 0 Å². The van der Waals surface area contributed by atoms with Gasteiger partial charge in [0.1, 0.15) is 5.75 Å². The number of hydrogen-bond donors (Lipinski definition) is 1. The molecule has 0 aliphatic carbocycles. The second kappa shape index (κ2) is 7.46. The van der Waals surface area contributed by atoms with Crippen LogP contribution in [-0.2, 0) is 14.8 Å². The predicted molar refractivity (Wildman–Crippen MR) is 104 cm³/mol. The Morgan fingerprint density at radius 3 is 2.37 bits per heavy atom. The molecule has 1 N–H and O–H groups in total. The first-order valence-corrected chi connectivity index (χ1v) is 9.68. The van der Waals surface area contributed by atoms with Crippen molar-refractivity contribution in [3.8, 4) is 5.75 Å². The molecule has 0 unspecified atom stereocenters. The topological polar surface area (TPSA) is 81.7 Å². The van der Waals surface area contributed by atoms with Crippen molar-refractivity contribution in [2.75, 3.05) is 18.9 Å². The number of rotatable bonds is 5. The minimum Gasteiger partial charge on any atom is -0.497 e. The third kappa shape index (κ3) is 3.99. The minimum atomic E-state index is -3.91. The van der Waals surface area contributed by atoms with Crippen LogP contribution in [0.1, 0.15) is 10.4 Å². The van der Waals surface area contributed by atoms with Crippen LogP contribution in [-0.4, -0.2) is 28.6 Å². The zero-order chi connectivity index (χ0) is 19.6. The maximum atomic E-state index is 12.8. The largest absolute Gasteiger partial charge is 0.497 e. The van der Waals surface area contributed by atoms with Gasteiger partial charge in [0.25, 0.3) is 10.0 Å². The second-order valence-electron chi connectivity index (χ2n) is 5.67. The summed E-state index contributed by atoms with van der Waals surface area (Å²) in [6, 6.07) is 14.3. The number of anilines is 1. The lowest BCUT2D eigenvalue weighted by atomic mass is 10.1. The maximum Gasteiger partial charge on any atom is 0.337 e. The Balaban J connectivity index is 1.97. The Bertz CT molecular complexity index is 1130. The number of nitrogens with one attached hydrogen (secondary N) is 1. The van der Waals surface area contributed by atoms with Gasteiger partial charge in [-0.05, 0) is 53.2 Å². The van der Waals surface area contributed by atoms with Crippen molar-refractivity contribution in [1.82, 2.24) is 0 Å². The molecule has 0 spiro atoms. The molecule has 27 heavy (non-hydrogen) atoms. The third-order valence-electron chi connectivity index (χ3n) is 3.96. The standard InChI is InChI=1S/C19H16ClNO5S/c1-25-15-6-3-13-10-16(7-4-12(13)9-15)27(23,24)21-18-11-14(19(22)26-2)5-8-17(18)20/h3-11,21H,1-2H3. The Hall–Kier alpha value is -2.77. The van der Waals surface area contributed by atoms with E-state index in [1.807, 2.05) is 6.07 Å². The molecule has 0 aliphatic heterocycles. The van der Waals surface area contributed by atoms with Crippen LogP contribution in [0.4, 0.5) is 5.69 Å². The van der Waals surface area contributed by atoms with E-state index in [1.54, 1.807) is 31.4 Å². The highest BCUT2D eigenvalue weighted by Gasteiger charge is 2.18. The summed E-state index contributed by atoms with van der Waals surface area (Å²) in [6.07, 6.45) is 0. The predicted octanol–water partition coefficient (Wildman–Crippen LogP) is 4.09. The number of carbonyl (C=O) groups excluding carboxylic acids is 1. The second-order valence-corrected chi connectivity index (χ2v) is 7.76. The summed E-state index contributed by atoms with van der Waals surface area (Å²) in [6.45, 7) is 0. The molecule has 8 heteroatoms. The molecule has 3 aromatic rings. The van der Waals surface area contributed by atoms with Gasteiger partial charge in [-0.3, -0.25) is 4.72 Å². The van der Waals surface area contributed by atoms with Crippen molar-refractivity contribution >= 4 is 44.1 Å². The Labute approximate surface area is 161 Å². The molecule has 0 aliphatic rings. The lowest BCUT2D eigenvalue weighted by molar-refractivity contribution is 0.0601. The highest BCUT2D eigenvalue weighted by molar-refractivity contribution is 7.92. The maximum absolute atomic E-state index is 12.8. The molecule has 0 saturated heterocycles. The monoisotopic (exact) mass is 405 g/mol. The molecule has 0 aromatic heterocycles. The number of sulfonamides is 1. The molecule has 6 nitrogen and oxygen atoms in total. The SMILES string of the molecule is COC(=O)c1ccc(Cl)c(NS(=O)(=O)c2ccc3cc(OC)ccc3c2)c1. The first-order chi connectivity index (χ1) is 12.8. The van der Waals surface area contributed by atoms with E-state index in [0.717, 1.165) is 10.8 Å². The molecular formula is C19H16ClNO5S. The molecule has 0 atom stereocenters. The van der Waals surface area contributed by atoms with Gasteiger partial charge in [0, 0.05) is 0 Å². The number of hydrogen-bond acceptors (Lipinski definition) is 5. The van der Waals surface area contributed by atoms with Gasteiger partial charge < -0.3 is 9.47 Å². The third-order valence-corrected chi connectivity index (χ3v) is 5.65. The van der Waals surface area contributed by atoms with Gasteiger partial charge in [0.2, 0.25) is 0 Å². The zero-order valence-electron chi connectivity index (χ0n) is 14.5. The van der Waals surface area contributed by atoms with Crippen molar-refractivity contribution in [3.63, 3.8) is 0 Å². The molecule has 0 radical (unpaired) electrons. The van der Waals surface area contributed by atoms with Crippen LogP contribution in [0.25, 0.3) is 10.8 Å². The molecule has 0 bridgehead atoms. The molecule has 0 amide bonds. The first-order valence-electron chi connectivity index (χ1n) is 7.82. The summed E-state index contributed by atoms with van der Waals surface area (Å²) < 4.78 is 37.8. The van der Waals surface area contributed by atoms with Crippen molar-refractivity contribution in [3.05, 3.63) is 65.2 Å². The molecule has 0 heterocycles. The summed E-state index contributed by atoms with van der Waals surface area (Å²) in [4.78, 5) is 11.7. The van der Waals surface area contributed by atoms with E-state index in [1.165, 1.54) is 31.4 Å². The quantitative estimate of drug-likeness (QED) is 0.646. The van der Waals surface area contributed by atoms with Crippen LogP contribution in [0.3, 0.4) is 0 Å². The summed E-state index contributed by atoms with van der Waals surface area (Å²) in [5, 5.41) is 1.75. The molecule has 0 fully saturated rings. The van der Waals surface area contributed by atoms with Crippen molar-refractivity contribution in [2.24, 2.45) is 0 Å². The normalized spacial score (nSPS) is 11.2. The first kappa shape index (κ1) is 19.0. The number of carbonyl (C=O) groups is 1. The molecule has 0 saturated carbocycles. The van der Waals surface area contributed by atoms with E-state index in [9.17, 15) is 13.2 Å². The van der Waals surface area contributed by atoms with E-state index in [4.69, 9.17) is 16.3 Å². The summed E-state index contributed by atoms with van der Waals surface area (Å²) >= 11 is 6.07. The van der Waals surface area contributed by atoms with Crippen LogP contribution in [0.5, 0.6) is 5.75 Å². The number of benzene rings is 3. The number of fused-ring (bicyclic) bond motifs is 1. The van der Waals surface area contributed by atoms with Gasteiger partial charge in [-0.2, -0.15) is 0 Å².